The highest BCUT2D eigenvalue weighted by atomic mass is 16.6. The number of hydrogen-bond donors (Lipinski definition) is 0. The fraction of sp³-hybridized carbons (Fsp3) is 0.429. The molecule has 0 spiro atoms. The number of rotatable bonds is 8. The van der Waals surface area contributed by atoms with Crippen molar-refractivity contribution in [1.82, 2.24) is 0 Å². The number of ketones is 2. The maximum absolute atomic E-state index is 11.8. The van der Waals surface area contributed by atoms with Crippen molar-refractivity contribution in [3.8, 4) is 0 Å². The maximum atomic E-state index is 11.8. The van der Waals surface area contributed by atoms with Crippen molar-refractivity contribution < 1.29 is 14.5 Å². The number of Topliss-reactive ketones (excluding diaryl/α,β-unsaturated/α-hetero) is 2. The number of carbonyl (C=O) groups excluding carboxylic acids is 2. The molecule has 0 unspecified atom stereocenters. The Labute approximate surface area is 111 Å². The Balaban J connectivity index is 2.53. The molecule has 1 aromatic carbocycles. The van der Waals surface area contributed by atoms with Crippen molar-refractivity contribution in [2.45, 2.75) is 39.0 Å². The second kappa shape index (κ2) is 7.41. The quantitative estimate of drug-likeness (QED) is 0.237. The molecule has 0 aromatic heterocycles. The van der Waals surface area contributed by atoms with E-state index in [1.807, 2.05) is 6.92 Å². The van der Waals surface area contributed by atoms with E-state index in [4.69, 9.17) is 0 Å². The molecule has 0 amide bonds. The molecule has 0 heterocycles. The van der Waals surface area contributed by atoms with E-state index in [1.165, 1.54) is 24.3 Å². The fourth-order valence-corrected chi connectivity index (χ4v) is 1.71. The van der Waals surface area contributed by atoms with Crippen molar-refractivity contribution in [1.29, 1.82) is 0 Å². The maximum Gasteiger partial charge on any atom is 0.269 e. The summed E-state index contributed by atoms with van der Waals surface area (Å²) >= 11 is 0. The van der Waals surface area contributed by atoms with Gasteiger partial charge in [-0.25, -0.2) is 0 Å². The molecule has 0 N–H and O–H groups in total. The predicted octanol–water partition coefficient (Wildman–Crippen LogP) is 3.32. The van der Waals surface area contributed by atoms with Crippen LogP contribution >= 0.6 is 0 Å². The minimum absolute atomic E-state index is 0.0641. The van der Waals surface area contributed by atoms with Crippen LogP contribution < -0.4 is 0 Å². The minimum Gasteiger partial charge on any atom is -0.299 e. The van der Waals surface area contributed by atoms with Crippen LogP contribution in [0.1, 0.15) is 49.4 Å². The average molecular weight is 263 g/mol. The molecule has 0 fully saturated rings. The Morgan fingerprint density at radius 3 is 2.32 bits per heavy atom. The molecule has 0 bridgehead atoms. The van der Waals surface area contributed by atoms with Crippen molar-refractivity contribution in [2.24, 2.45) is 0 Å². The van der Waals surface area contributed by atoms with Crippen LogP contribution in [-0.4, -0.2) is 16.5 Å². The van der Waals surface area contributed by atoms with Crippen LogP contribution in [0, 0.1) is 10.1 Å². The molecule has 102 valence electrons. The molecule has 5 heteroatoms. The van der Waals surface area contributed by atoms with Crippen LogP contribution in [-0.2, 0) is 4.79 Å². The standard InChI is InChI=1S/C14H17NO4/c1-2-3-4-5-13(16)10-14(17)11-6-8-12(9-7-11)15(18)19/h6-9H,2-5,10H2,1H3. The first-order valence-corrected chi connectivity index (χ1v) is 6.34. The summed E-state index contributed by atoms with van der Waals surface area (Å²) in [6.07, 6.45) is 3.12. The van der Waals surface area contributed by atoms with E-state index in [0.717, 1.165) is 19.3 Å². The van der Waals surface area contributed by atoms with Gasteiger partial charge in [0.15, 0.2) is 5.78 Å². The third-order valence-electron chi connectivity index (χ3n) is 2.82. The first kappa shape index (κ1) is 15.0. The topological polar surface area (TPSA) is 77.3 Å². The van der Waals surface area contributed by atoms with Gasteiger partial charge in [0.25, 0.3) is 5.69 Å². The van der Waals surface area contributed by atoms with Gasteiger partial charge in [0.1, 0.15) is 5.78 Å². The molecule has 0 aliphatic carbocycles. The van der Waals surface area contributed by atoms with Gasteiger partial charge in [-0.05, 0) is 18.6 Å². The zero-order valence-electron chi connectivity index (χ0n) is 10.9. The Bertz CT molecular complexity index is 465. The summed E-state index contributed by atoms with van der Waals surface area (Å²) in [6, 6.07) is 5.32. The lowest BCUT2D eigenvalue weighted by atomic mass is 10.0. The second-order valence-corrected chi connectivity index (χ2v) is 4.40. The van der Waals surface area contributed by atoms with Crippen molar-refractivity contribution >= 4 is 17.3 Å². The first-order valence-electron chi connectivity index (χ1n) is 6.34. The summed E-state index contributed by atoms with van der Waals surface area (Å²) in [4.78, 5) is 33.3. The highest BCUT2D eigenvalue weighted by Gasteiger charge is 2.13. The SMILES string of the molecule is CCCCCC(=O)CC(=O)c1ccc([N+](=O)[O-])cc1. The van der Waals surface area contributed by atoms with Gasteiger partial charge in [-0.1, -0.05) is 19.8 Å². The van der Waals surface area contributed by atoms with E-state index in [-0.39, 0.29) is 23.7 Å². The molecule has 5 nitrogen and oxygen atoms in total. The van der Waals surface area contributed by atoms with E-state index in [2.05, 4.69) is 0 Å². The number of carbonyl (C=O) groups is 2. The highest BCUT2D eigenvalue weighted by Crippen LogP contribution is 2.14. The smallest absolute Gasteiger partial charge is 0.269 e. The highest BCUT2D eigenvalue weighted by molar-refractivity contribution is 6.07. The van der Waals surface area contributed by atoms with E-state index < -0.39 is 4.92 Å². The van der Waals surface area contributed by atoms with Crippen molar-refractivity contribution in [3.05, 3.63) is 39.9 Å². The normalized spacial score (nSPS) is 10.2. The monoisotopic (exact) mass is 263 g/mol. The van der Waals surface area contributed by atoms with Crippen molar-refractivity contribution in [3.63, 3.8) is 0 Å². The Kier molecular flexibility index (Phi) is 5.85. The van der Waals surface area contributed by atoms with E-state index in [9.17, 15) is 19.7 Å². The molecular weight excluding hydrogens is 246 g/mol. The van der Waals surface area contributed by atoms with Gasteiger partial charge in [-0.15, -0.1) is 0 Å². The molecule has 1 rings (SSSR count). The largest absolute Gasteiger partial charge is 0.299 e. The van der Waals surface area contributed by atoms with Crippen LogP contribution in [0.5, 0.6) is 0 Å². The second-order valence-electron chi connectivity index (χ2n) is 4.40. The van der Waals surface area contributed by atoms with Crippen LogP contribution in [0.2, 0.25) is 0 Å². The number of nitro groups is 1. The molecule has 0 atom stereocenters. The molecule has 0 aliphatic rings. The van der Waals surface area contributed by atoms with Gasteiger partial charge in [-0.2, -0.15) is 0 Å². The van der Waals surface area contributed by atoms with E-state index in [0.29, 0.717) is 12.0 Å². The van der Waals surface area contributed by atoms with Crippen LogP contribution in [0.25, 0.3) is 0 Å². The first-order chi connectivity index (χ1) is 9.04. The van der Waals surface area contributed by atoms with Gasteiger partial charge in [0.2, 0.25) is 0 Å². The lowest BCUT2D eigenvalue weighted by Gasteiger charge is -2.01. The summed E-state index contributed by atoms with van der Waals surface area (Å²) in [5.41, 5.74) is 0.278. The van der Waals surface area contributed by atoms with Crippen LogP contribution in [0.15, 0.2) is 24.3 Å². The number of hydrogen-bond acceptors (Lipinski definition) is 4. The number of non-ortho nitro benzene ring substituents is 1. The Morgan fingerprint density at radius 1 is 1.16 bits per heavy atom. The average Bonchev–Trinajstić information content (AvgIpc) is 2.39. The van der Waals surface area contributed by atoms with Gasteiger partial charge in [0.05, 0.1) is 11.3 Å². The Morgan fingerprint density at radius 2 is 1.79 bits per heavy atom. The van der Waals surface area contributed by atoms with Gasteiger partial charge >= 0.3 is 0 Å². The van der Waals surface area contributed by atoms with Crippen molar-refractivity contribution in [2.75, 3.05) is 0 Å². The third kappa shape index (κ3) is 4.99. The van der Waals surface area contributed by atoms with E-state index in [1.54, 1.807) is 0 Å². The zero-order valence-corrected chi connectivity index (χ0v) is 10.9. The summed E-state index contributed by atoms with van der Waals surface area (Å²) in [5, 5.41) is 10.5. The number of nitro benzene ring substituents is 1. The molecule has 19 heavy (non-hydrogen) atoms. The third-order valence-corrected chi connectivity index (χ3v) is 2.82. The van der Waals surface area contributed by atoms with Crippen LogP contribution in [0.3, 0.4) is 0 Å². The zero-order chi connectivity index (χ0) is 14.3. The summed E-state index contributed by atoms with van der Waals surface area (Å²) in [7, 11) is 0. The lowest BCUT2D eigenvalue weighted by molar-refractivity contribution is -0.384. The van der Waals surface area contributed by atoms with Crippen LogP contribution in [0.4, 0.5) is 5.69 Å². The minimum atomic E-state index is -0.524. The predicted molar refractivity (Wildman–Crippen MR) is 71.2 cm³/mol. The number of nitrogens with zero attached hydrogens (tertiary/aromatic N) is 1. The van der Waals surface area contributed by atoms with Gasteiger partial charge < -0.3 is 0 Å². The van der Waals surface area contributed by atoms with Gasteiger partial charge in [0, 0.05) is 24.1 Å². The molecule has 0 radical (unpaired) electrons. The molecular formula is C14H17NO4. The molecule has 0 saturated carbocycles. The number of benzene rings is 1. The summed E-state index contributed by atoms with van der Waals surface area (Å²) in [6.45, 7) is 2.05. The molecule has 0 saturated heterocycles. The lowest BCUT2D eigenvalue weighted by Crippen LogP contribution is -2.08. The Hall–Kier alpha value is -2.04. The molecule has 1 aromatic rings. The summed E-state index contributed by atoms with van der Waals surface area (Å²) in [5.74, 6) is -0.354. The number of unbranched alkanes of at least 4 members (excludes halogenated alkanes) is 2. The van der Waals surface area contributed by atoms with E-state index >= 15 is 0 Å². The fourth-order valence-electron chi connectivity index (χ4n) is 1.71. The molecule has 0 aliphatic heterocycles. The summed E-state index contributed by atoms with van der Waals surface area (Å²) < 4.78 is 0. The van der Waals surface area contributed by atoms with Gasteiger partial charge in [-0.3, -0.25) is 19.7 Å².